The first-order chi connectivity index (χ1) is 7.56. The van der Waals surface area contributed by atoms with E-state index >= 15 is 0 Å². The maximum Gasteiger partial charge on any atom is 0.411 e. The van der Waals surface area contributed by atoms with E-state index in [2.05, 4.69) is 10.1 Å². The van der Waals surface area contributed by atoms with Crippen molar-refractivity contribution in [1.82, 2.24) is 5.32 Å². The SMILES string of the molecule is FC(F)(F)COCCNCCCCCCCl. The molecule has 0 atom stereocenters. The molecular formula is C10H19ClF3NO. The molecule has 1 N–H and O–H groups in total. The second-order valence-electron chi connectivity index (χ2n) is 3.52. The molecule has 0 spiro atoms. The minimum absolute atomic E-state index is 0.0984. The van der Waals surface area contributed by atoms with E-state index in [0.29, 0.717) is 12.4 Å². The number of ether oxygens (including phenoxy) is 1. The molecule has 0 aromatic rings. The summed E-state index contributed by atoms with van der Waals surface area (Å²) in [6.45, 7) is 0.217. The fourth-order valence-electron chi connectivity index (χ4n) is 1.16. The number of halogens is 4. The molecule has 16 heavy (non-hydrogen) atoms. The second-order valence-corrected chi connectivity index (χ2v) is 3.90. The van der Waals surface area contributed by atoms with Crippen molar-refractivity contribution in [2.75, 3.05) is 32.2 Å². The molecule has 0 rings (SSSR count). The van der Waals surface area contributed by atoms with Gasteiger partial charge in [-0.3, -0.25) is 0 Å². The molecule has 0 unspecified atom stereocenters. The molecule has 0 bridgehead atoms. The quantitative estimate of drug-likeness (QED) is 0.482. The first-order valence-electron chi connectivity index (χ1n) is 5.47. The fourth-order valence-corrected chi connectivity index (χ4v) is 1.34. The third-order valence-electron chi connectivity index (χ3n) is 1.93. The third-order valence-corrected chi connectivity index (χ3v) is 2.19. The molecule has 6 heteroatoms. The van der Waals surface area contributed by atoms with Gasteiger partial charge in [-0.25, -0.2) is 0 Å². The summed E-state index contributed by atoms with van der Waals surface area (Å²) >= 11 is 5.51. The number of hydrogen-bond acceptors (Lipinski definition) is 2. The first kappa shape index (κ1) is 16.0. The molecule has 0 saturated heterocycles. The Morgan fingerprint density at radius 2 is 1.69 bits per heavy atom. The number of hydrogen-bond donors (Lipinski definition) is 1. The van der Waals surface area contributed by atoms with Crippen LogP contribution >= 0.6 is 11.6 Å². The molecule has 2 nitrogen and oxygen atoms in total. The largest absolute Gasteiger partial charge is 0.411 e. The van der Waals surface area contributed by atoms with Crippen LogP contribution in [-0.4, -0.2) is 38.4 Å². The highest BCUT2D eigenvalue weighted by Gasteiger charge is 2.27. The van der Waals surface area contributed by atoms with Gasteiger partial charge >= 0.3 is 6.18 Å². The summed E-state index contributed by atoms with van der Waals surface area (Å²) < 4.78 is 39.4. The van der Waals surface area contributed by atoms with E-state index in [1.165, 1.54) is 0 Å². The lowest BCUT2D eigenvalue weighted by Gasteiger charge is -2.08. The lowest BCUT2D eigenvalue weighted by atomic mass is 10.2. The topological polar surface area (TPSA) is 21.3 Å². The molecule has 0 fully saturated rings. The van der Waals surface area contributed by atoms with Crippen molar-refractivity contribution in [3.8, 4) is 0 Å². The highest BCUT2D eigenvalue weighted by atomic mass is 35.5. The monoisotopic (exact) mass is 261 g/mol. The minimum atomic E-state index is -4.22. The molecule has 0 aromatic heterocycles. The molecule has 0 aromatic carbocycles. The lowest BCUT2D eigenvalue weighted by molar-refractivity contribution is -0.173. The highest BCUT2D eigenvalue weighted by molar-refractivity contribution is 6.17. The smallest absolute Gasteiger partial charge is 0.371 e. The summed E-state index contributed by atoms with van der Waals surface area (Å²) in [5.74, 6) is 0.693. The van der Waals surface area contributed by atoms with E-state index in [4.69, 9.17) is 11.6 Å². The molecular weight excluding hydrogens is 243 g/mol. The highest BCUT2D eigenvalue weighted by Crippen LogP contribution is 2.13. The zero-order valence-corrected chi connectivity index (χ0v) is 10.0. The molecule has 0 radical (unpaired) electrons. The summed E-state index contributed by atoms with van der Waals surface area (Å²) in [7, 11) is 0. The van der Waals surface area contributed by atoms with Crippen molar-refractivity contribution in [1.29, 1.82) is 0 Å². The van der Waals surface area contributed by atoms with Crippen molar-refractivity contribution in [3.05, 3.63) is 0 Å². The van der Waals surface area contributed by atoms with Gasteiger partial charge in [-0.1, -0.05) is 12.8 Å². The van der Waals surface area contributed by atoms with E-state index in [-0.39, 0.29) is 6.61 Å². The van der Waals surface area contributed by atoms with E-state index in [1.807, 2.05) is 0 Å². The Kier molecular flexibility index (Phi) is 10.2. The van der Waals surface area contributed by atoms with Crippen LogP contribution in [0.3, 0.4) is 0 Å². The van der Waals surface area contributed by atoms with Gasteiger partial charge in [0.25, 0.3) is 0 Å². The summed E-state index contributed by atoms with van der Waals surface area (Å²) in [6.07, 6.45) is 0.0346. The van der Waals surface area contributed by atoms with Crippen molar-refractivity contribution < 1.29 is 17.9 Å². The van der Waals surface area contributed by atoms with E-state index in [1.54, 1.807) is 0 Å². The first-order valence-corrected chi connectivity index (χ1v) is 6.01. The molecule has 0 aliphatic rings. The predicted molar refractivity (Wildman–Crippen MR) is 58.9 cm³/mol. The van der Waals surface area contributed by atoms with Crippen LogP contribution in [0, 0.1) is 0 Å². The Labute approximate surface area is 99.5 Å². The molecule has 0 aliphatic heterocycles. The number of unbranched alkanes of at least 4 members (excludes halogenated alkanes) is 3. The summed E-state index contributed by atoms with van der Waals surface area (Å²) in [6, 6.07) is 0. The molecule has 0 aliphatic carbocycles. The average molecular weight is 262 g/mol. The second kappa shape index (κ2) is 10.2. The van der Waals surface area contributed by atoms with Gasteiger partial charge in [-0.2, -0.15) is 13.2 Å². The van der Waals surface area contributed by atoms with Crippen LogP contribution in [-0.2, 0) is 4.74 Å². The Balaban J connectivity index is 2.99. The van der Waals surface area contributed by atoms with Crippen LogP contribution in [0.15, 0.2) is 0 Å². The summed E-state index contributed by atoms with van der Waals surface area (Å²) in [4.78, 5) is 0. The molecule has 98 valence electrons. The van der Waals surface area contributed by atoms with E-state index < -0.39 is 12.8 Å². The minimum Gasteiger partial charge on any atom is -0.371 e. The normalized spacial score (nSPS) is 12.0. The fraction of sp³-hybridized carbons (Fsp3) is 1.00. The predicted octanol–water partition coefficient (Wildman–Crippen LogP) is 2.95. The molecule has 0 heterocycles. The van der Waals surface area contributed by atoms with Gasteiger partial charge in [0.1, 0.15) is 6.61 Å². The van der Waals surface area contributed by atoms with Gasteiger partial charge in [0.2, 0.25) is 0 Å². The van der Waals surface area contributed by atoms with Crippen LogP contribution in [0.4, 0.5) is 13.2 Å². The van der Waals surface area contributed by atoms with Gasteiger partial charge in [0.15, 0.2) is 0 Å². The number of rotatable bonds is 10. The number of alkyl halides is 4. The van der Waals surface area contributed by atoms with Crippen LogP contribution < -0.4 is 5.32 Å². The van der Waals surface area contributed by atoms with E-state index in [9.17, 15) is 13.2 Å². The van der Waals surface area contributed by atoms with Crippen molar-refractivity contribution >= 4 is 11.6 Å². The Hall–Kier alpha value is 0. The number of nitrogens with one attached hydrogen (secondary N) is 1. The maximum atomic E-state index is 11.6. The summed E-state index contributed by atoms with van der Waals surface area (Å²) in [5.41, 5.74) is 0. The van der Waals surface area contributed by atoms with Crippen LogP contribution in [0.5, 0.6) is 0 Å². The van der Waals surface area contributed by atoms with Crippen LogP contribution in [0.2, 0.25) is 0 Å². The van der Waals surface area contributed by atoms with Crippen molar-refractivity contribution in [3.63, 3.8) is 0 Å². The zero-order chi connectivity index (χ0) is 12.3. The van der Waals surface area contributed by atoms with Crippen molar-refractivity contribution in [2.24, 2.45) is 0 Å². The van der Waals surface area contributed by atoms with Gasteiger partial charge in [0.05, 0.1) is 6.61 Å². The summed E-state index contributed by atoms with van der Waals surface area (Å²) in [5, 5.41) is 3.02. The zero-order valence-electron chi connectivity index (χ0n) is 9.28. The van der Waals surface area contributed by atoms with Crippen molar-refractivity contribution in [2.45, 2.75) is 31.9 Å². The Morgan fingerprint density at radius 1 is 1.00 bits per heavy atom. The Morgan fingerprint density at radius 3 is 2.31 bits per heavy atom. The van der Waals surface area contributed by atoms with Crippen LogP contribution in [0.25, 0.3) is 0 Å². The van der Waals surface area contributed by atoms with Gasteiger partial charge in [-0.05, 0) is 19.4 Å². The van der Waals surface area contributed by atoms with Gasteiger partial charge in [0, 0.05) is 12.4 Å². The third kappa shape index (κ3) is 14.0. The average Bonchev–Trinajstić information content (AvgIpc) is 2.19. The Bertz CT molecular complexity index is 155. The standard InChI is InChI=1S/C10H19ClF3NO/c11-5-3-1-2-4-6-15-7-8-16-9-10(12,13)14/h15H,1-9H2. The van der Waals surface area contributed by atoms with Crippen LogP contribution in [0.1, 0.15) is 25.7 Å². The van der Waals surface area contributed by atoms with E-state index in [0.717, 1.165) is 32.2 Å². The lowest BCUT2D eigenvalue weighted by Crippen LogP contribution is -2.24. The molecule has 0 amide bonds. The molecule has 0 saturated carbocycles. The maximum absolute atomic E-state index is 11.6. The van der Waals surface area contributed by atoms with Gasteiger partial charge < -0.3 is 10.1 Å². The van der Waals surface area contributed by atoms with Gasteiger partial charge in [-0.15, -0.1) is 11.6 Å².